The van der Waals surface area contributed by atoms with Gasteiger partial charge in [0.25, 0.3) is 11.6 Å². The summed E-state index contributed by atoms with van der Waals surface area (Å²) in [4.78, 5) is 23.0. The van der Waals surface area contributed by atoms with Crippen LogP contribution in [0, 0.1) is 21.4 Å². The lowest BCUT2D eigenvalue weighted by Gasteiger charge is -2.08. The van der Waals surface area contributed by atoms with Crippen molar-refractivity contribution >= 4 is 29.3 Å². The number of hydrogen-bond donors (Lipinski definition) is 0. The van der Waals surface area contributed by atoms with Gasteiger partial charge in [-0.25, -0.2) is 0 Å². The number of likely N-dealkylation sites (N-methyl/N-ethyl adjacent to an activating group) is 1. The average Bonchev–Trinajstić information content (AvgIpc) is 2.36. The van der Waals surface area contributed by atoms with E-state index in [1.165, 1.54) is 43.3 Å². The van der Waals surface area contributed by atoms with Crippen LogP contribution in [0.3, 0.4) is 0 Å². The van der Waals surface area contributed by atoms with Gasteiger partial charge in [0.05, 0.1) is 4.92 Å². The van der Waals surface area contributed by atoms with E-state index in [0.717, 1.165) is 0 Å². The first-order chi connectivity index (χ1) is 8.86. The summed E-state index contributed by atoms with van der Waals surface area (Å²) < 4.78 is 0. The molecule has 0 bridgehead atoms. The van der Waals surface area contributed by atoms with E-state index in [-0.39, 0.29) is 16.3 Å². The highest BCUT2D eigenvalue weighted by atomic mass is 35.5. The van der Waals surface area contributed by atoms with Crippen LogP contribution in [0.4, 0.5) is 5.69 Å². The second-order valence-electron chi connectivity index (χ2n) is 3.84. The lowest BCUT2D eigenvalue weighted by Crippen LogP contribution is -2.22. The number of amides is 1. The molecule has 0 atom stereocenters. The topological polar surface area (TPSA) is 87.2 Å². The second-order valence-corrected chi connectivity index (χ2v) is 4.24. The van der Waals surface area contributed by atoms with Crippen LogP contribution in [0.1, 0.15) is 5.56 Å². The molecule has 6 nitrogen and oxygen atoms in total. The van der Waals surface area contributed by atoms with E-state index >= 15 is 0 Å². The van der Waals surface area contributed by atoms with Crippen molar-refractivity contribution in [3.63, 3.8) is 0 Å². The third-order valence-electron chi connectivity index (χ3n) is 2.23. The van der Waals surface area contributed by atoms with Crippen molar-refractivity contribution in [1.29, 1.82) is 5.26 Å². The standard InChI is InChI=1S/C12H10ClN3O3/c1-15(2)12(17)9(7-14)5-8-3-4-10(13)11(6-8)16(18)19/h3-6H,1-2H3/b9-5-. The van der Waals surface area contributed by atoms with Crippen molar-refractivity contribution < 1.29 is 9.72 Å². The molecule has 0 spiro atoms. The number of benzene rings is 1. The predicted octanol–water partition coefficient (Wildman–Crippen LogP) is 2.24. The molecule has 0 saturated heterocycles. The third kappa shape index (κ3) is 3.53. The Morgan fingerprint density at radius 2 is 2.16 bits per heavy atom. The summed E-state index contributed by atoms with van der Waals surface area (Å²) in [6.45, 7) is 0. The number of nitro groups is 1. The number of halogens is 1. The molecule has 0 unspecified atom stereocenters. The second kappa shape index (κ2) is 5.98. The van der Waals surface area contributed by atoms with E-state index in [9.17, 15) is 14.9 Å². The molecule has 7 heteroatoms. The lowest BCUT2D eigenvalue weighted by molar-refractivity contribution is -0.384. The Hall–Kier alpha value is -2.39. The fourth-order valence-corrected chi connectivity index (χ4v) is 1.50. The predicted molar refractivity (Wildman–Crippen MR) is 70.4 cm³/mol. The zero-order chi connectivity index (χ0) is 14.6. The molecule has 0 aliphatic carbocycles. The van der Waals surface area contributed by atoms with Gasteiger partial charge in [-0.1, -0.05) is 17.7 Å². The van der Waals surface area contributed by atoms with Gasteiger partial charge in [0.15, 0.2) is 0 Å². The molecule has 98 valence electrons. The van der Waals surface area contributed by atoms with Crippen LogP contribution in [0.25, 0.3) is 6.08 Å². The van der Waals surface area contributed by atoms with E-state index in [1.54, 1.807) is 6.07 Å². The Labute approximate surface area is 114 Å². The summed E-state index contributed by atoms with van der Waals surface area (Å²) >= 11 is 5.67. The van der Waals surface area contributed by atoms with Crippen LogP contribution >= 0.6 is 11.6 Å². The first-order valence-electron chi connectivity index (χ1n) is 5.14. The first-order valence-corrected chi connectivity index (χ1v) is 5.52. The maximum Gasteiger partial charge on any atom is 0.288 e. The van der Waals surface area contributed by atoms with Crippen LogP contribution in [0.2, 0.25) is 5.02 Å². The number of hydrogen-bond acceptors (Lipinski definition) is 4. The minimum atomic E-state index is -0.626. The van der Waals surface area contributed by atoms with Crippen molar-refractivity contribution in [2.24, 2.45) is 0 Å². The highest BCUT2D eigenvalue weighted by molar-refractivity contribution is 6.32. The van der Waals surface area contributed by atoms with Gasteiger partial charge in [-0.2, -0.15) is 5.26 Å². The molecule has 0 aliphatic heterocycles. The van der Waals surface area contributed by atoms with Crippen LogP contribution in [-0.4, -0.2) is 29.8 Å². The largest absolute Gasteiger partial charge is 0.344 e. The summed E-state index contributed by atoms with van der Waals surface area (Å²) in [6, 6.07) is 5.82. The highest BCUT2D eigenvalue weighted by Crippen LogP contribution is 2.26. The third-order valence-corrected chi connectivity index (χ3v) is 2.55. The fraction of sp³-hybridized carbons (Fsp3) is 0.167. The molecule has 0 saturated carbocycles. The van der Waals surface area contributed by atoms with Crippen LogP contribution in [-0.2, 0) is 4.79 Å². The van der Waals surface area contributed by atoms with E-state index in [4.69, 9.17) is 16.9 Å². The molecule has 1 rings (SSSR count). The van der Waals surface area contributed by atoms with E-state index in [1.807, 2.05) is 0 Å². The molecular formula is C12H10ClN3O3. The van der Waals surface area contributed by atoms with Gasteiger partial charge in [0.1, 0.15) is 16.7 Å². The number of nitriles is 1. The minimum Gasteiger partial charge on any atom is -0.344 e. The quantitative estimate of drug-likeness (QED) is 0.367. The van der Waals surface area contributed by atoms with E-state index in [0.29, 0.717) is 5.56 Å². The number of rotatable bonds is 3. The fourth-order valence-electron chi connectivity index (χ4n) is 1.31. The van der Waals surface area contributed by atoms with E-state index in [2.05, 4.69) is 0 Å². The Kier molecular flexibility index (Phi) is 4.62. The molecule has 19 heavy (non-hydrogen) atoms. The molecule has 0 aliphatic rings. The van der Waals surface area contributed by atoms with Gasteiger partial charge in [-0.05, 0) is 17.7 Å². The van der Waals surface area contributed by atoms with Crippen molar-refractivity contribution in [3.05, 3.63) is 44.5 Å². The van der Waals surface area contributed by atoms with Crippen LogP contribution in [0.5, 0.6) is 0 Å². The summed E-state index contributed by atoms with van der Waals surface area (Å²) in [5.41, 5.74) is -0.0190. The molecule has 1 aromatic carbocycles. The molecule has 0 heterocycles. The SMILES string of the molecule is CN(C)C(=O)/C(C#N)=C\c1ccc(Cl)c([N+](=O)[O-])c1. The number of nitrogens with zero attached hydrogens (tertiary/aromatic N) is 3. The number of carbonyl (C=O) groups excluding carboxylic acids is 1. The summed E-state index contributed by atoms with van der Waals surface area (Å²) in [6.07, 6.45) is 1.28. The average molecular weight is 280 g/mol. The van der Waals surface area contributed by atoms with E-state index < -0.39 is 10.8 Å². The number of nitro benzene ring substituents is 1. The smallest absolute Gasteiger partial charge is 0.288 e. The van der Waals surface area contributed by atoms with Crippen molar-refractivity contribution in [1.82, 2.24) is 4.90 Å². The van der Waals surface area contributed by atoms with Crippen molar-refractivity contribution in [3.8, 4) is 6.07 Å². The Morgan fingerprint density at radius 1 is 1.53 bits per heavy atom. The summed E-state index contributed by atoms with van der Waals surface area (Å²) in [5.74, 6) is -0.472. The Bertz CT molecular complexity index is 603. The monoisotopic (exact) mass is 279 g/mol. The zero-order valence-electron chi connectivity index (χ0n) is 10.3. The lowest BCUT2D eigenvalue weighted by atomic mass is 10.1. The Balaban J connectivity index is 3.24. The molecule has 0 N–H and O–H groups in total. The van der Waals surface area contributed by atoms with Gasteiger partial charge in [-0.15, -0.1) is 0 Å². The molecule has 1 amide bonds. The maximum atomic E-state index is 11.6. The van der Waals surface area contributed by atoms with Crippen molar-refractivity contribution in [2.75, 3.05) is 14.1 Å². The molecule has 0 aromatic heterocycles. The highest BCUT2D eigenvalue weighted by Gasteiger charge is 2.14. The van der Waals surface area contributed by atoms with Gasteiger partial charge in [0.2, 0.25) is 0 Å². The minimum absolute atomic E-state index is 0.000376. The normalized spacial score (nSPS) is 10.7. The van der Waals surface area contributed by atoms with Crippen molar-refractivity contribution in [2.45, 2.75) is 0 Å². The molecule has 1 aromatic rings. The Morgan fingerprint density at radius 3 is 2.63 bits per heavy atom. The van der Waals surface area contributed by atoms with Gasteiger partial charge in [-0.3, -0.25) is 14.9 Å². The van der Waals surface area contributed by atoms with Gasteiger partial charge in [0, 0.05) is 20.2 Å². The molecule has 0 radical (unpaired) electrons. The van der Waals surface area contributed by atoms with Gasteiger partial charge >= 0.3 is 0 Å². The maximum absolute atomic E-state index is 11.6. The van der Waals surface area contributed by atoms with Gasteiger partial charge < -0.3 is 4.90 Å². The first kappa shape index (κ1) is 14.7. The summed E-state index contributed by atoms with van der Waals surface area (Å²) in [5, 5.41) is 19.6. The summed E-state index contributed by atoms with van der Waals surface area (Å²) in [7, 11) is 3.02. The molecule has 0 fully saturated rings. The van der Waals surface area contributed by atoms with Crippen LogP contribution in [0.15, 0.2) is 23.8 Å². The zero-order valence-corrected chi connectivity index (χ0v) is 11.0. The number of carbonyl (C=O) groups is 1. The molecular weight excluding hydrogens is 270 g/mol. The van der Waals surface area contributed by atoms with Crippen LogP contribution < -0.4 is 0 Å².